The molecule has 0 fully saturated rings. The molecule has 0 bridgehead atoms. The highest BCUT2D eigenvalue weighted by Crippen LogP contribution is 2.36. The van der Waals surface area contributed by atoms with Gasteiger partial charge >= 0.3 is 0 Å². The summed E-state index contributed by atoms with van der Waals surface area (Å²) in [7, 11) is 0. The lowest BCUT2D eigenvalue weighted by Crippen LogP contribution is -1.97. The molecular weight excluding hydrogens is 506 g/mol. The molecule has 38 heavy (non-hydrogen) atoms. The fourth-order valence-corrected chi connectivity index (χ4v) is 6.10. The van der Waals surface area contributed by atoms with Crippen LogP contribution in [0.3, 0.4) is 0 Å². The van der Waals surface area contributed by atoms with Gasteiger partial charge in [-0.2, -0.15) is 9.97 Å². The Kier molecular flexibility index (Phi) is 5.69. The quantitative estimate of drug-likeness (QED) is 0.229. The second-order valence-electron chi connectivity index (χ2n) is 9.08. The van der Waals surface area contributed by atoms with Gasteiger partial charge in [0, 0.05) is 31.3 Å². The van der Waals surface area contributed by atoms with E-state index in [1.165, 1.54) is 31.3 Å². The largest absolute Gasteiger partial charge is 0.226 e. The Morgan fingerprint density at radius 3 is 1.79 bits per heavy atom. The Balaban J connectivity index is 1.22. The van der Waals surface area contributed by atoms with Gasteiger partial charge in [0.2, 0.25) is 5.28 Å². The van der Waals surface area contributed by atoms with Crippen LogP contribution in [0.4, 0.5) is 0 Å². The lowest BCUT2D eigenvalue weighted by atomic mass is 9.98. The monoisotopic (exact) mass is 525 g/mol. The molecule has 7 rings (SSSR count). The Labute approximate surface area is 229 Å². The molecule has 0 radical (unpaired) electrons. The Morgan fingerprint density at radius 1 is 0.421 bits per heavy atom. The molecule has 0 saturated carbocycles. The van der Waals surface area contributed by atoms with Gasteiger partial charge in [0.1, 0.15) is 0 Å². The summed E-state index contributed by atoms with van der Waals surface area (Å²) in [5.74, 6) is 1.13. The molecule has 0 N–H and O–H groups in total. The van der Waals surface area contributed by atoms with Crippen molar-refractivity contribution < 1.29 is 0 Å². The van der Waals surface area contributed by atoms with Gasteiger partial charge in [0.05, 0.1) is 0 Å². The minimum Gasteiger partial charge on any atom is -0.208 e. The number of rotatable bonds is 4. The van der Waals surface area contributed by atoms with Crippen molar-refractivity contribution in [1.82, 2.24) is 15.0 Å². The smallest absolute Gasteiger partial charge is 0.208 e. The summed E-state index contributed by atoms with van der Waals surface area (Å²) >= 11 is 8.15. The van der Waals surface area contributed by atoms with Crippen molar-refractivity contribution in [1.29, 1.82) is 0 Å². The summed E-state index contributed by atoms with van der Waals surface area (Å²) in [6, 6.07) is 42.0. The van der Waals surface area contributed by atoms with Gasteiger partial charge in [-0.3, -0.25) is 0 Å². The second kappa shape index (κ2) is 9.49. The number of halogens is 1. The van der Waals surface area contributed by atoms with Crippen LogP contribution in [0.25, 0.3) is 65.2 Å². The van der Waals surface area contributed by atoms with E-state index in [0.29, 0.717) is 11.6 Å². The summed E-state index contributed by atoms with van der Waals surface area (Å²) < 4.78 is 2.47. The molecule has 0 spiro atoms. The fourth-order valence-electron chi connectivity index (χ4n) is 4.79. The van der Waals surface area contributed by atoms with E-state index < -0.39 is 0 Å². The number of nitrogens with zero attached hydrogens (tertiary/aromatic N) is 3. The molecule has 5 heteroatoms. The van der Waals surface area contributed by atoms with Gasteiger partial charge in [0.25, 0.3) is 0 Å². The zero-order valence-electron chi connectivity index (χ0n) is 20.2. The van der Waals surface area contributed by atoms with E-state index in [0.717, 1.165) is 22.3 Å². The first kappa shape index (κ1) is 22.8. The van der Waals surface area contributed by atoms with Crippen LogP contribution >= 0.6 is 22.9 Å². The zero-order chi connectivity index (χ0) is 25.5. The van der Waals surface area contributed by atoms with Crippen LogP contribution in [-0.4, -0.2) is 15.0 Å². The molecule has 0 atom stereocenters. The highest BCUT2D eigenvalue weighted by molar-refractivity contribution is 7.25. The van der Waals surface area contributed by atoms with E-state index in [-0.39, 0.29) is 5.28 Å². The van der Waals surface area contributed by atoms with E-state index >= 15 is 0 Å². The Morgan fingerprint density at radius 2 is 1.00 bits per heavy atom. The van der Waals surface area contributed by atoms with Gasteiger partial charge in [-0.15, -0.1) is 11.3 Å². The summed E-state index contributed by atoms with van der Waals surface area (Å²) in [5.41, 5.74) is 6.49. The third kappa shape index (κ3) is 4.24. The topological polar surface area (TPSA) is 38.7 Å². The molecule has 0 unspecified atom stereocenters. The molecule has 0 aliphatic rings. The van der Waals surface area contributed by atoms with E-state index in [1.807, 2.05) is 18.2 Å². The predicted molar refractivity (Wildman–Crippen MR) is 159 cm³/mol. The number of hydrogen-bond donors (Lipinski definition) is 0. The normalized spacial score (nSPS) is 11.3. The first-order valence-electron chi connectivity index (χ1n) is 12.3. The predicted octanol–water partition coefficient (Wildman–Crippen LogP) is 9.56. The van der Waals surface area contributed by atoms with E-state index in [9.17, 15) is 0 Å². The van der Waals surface area contributed by atoms with Gasteiger partial charge in [-0.25, -0.2) is 4.98 Å². The van der Waals surface area contributed by atoms with Crippen molar-refractivity contribution in [2.45, 2.75) is 0 Å². The fraction of sp³-hybridized carbons (Fsp3) is 0. The van der Waals surface area contributed by atoms with Crippen LogP contribution in [-0.2, 0) is 0 Å². The minimum atomic E-state index is 0.182. The molecule has 0 aliphatic heterocycles. The van der Waals surface area contributed by atoms with Gasteiger partial charge in [-0.05, 0) is 52.1 Å². The van der Waals surface area contributed by atoms with Gasteiger partial charge < -0.3 is 0 Å². The lowest BCUT2D eigenvalue weighted by Gasteiger charge is -2.08. The van der Waals surface area contributed by atoms with Crippen LogP contribution in [0.15, 0.2) is 121 Å². The standard InChI is InChI=1S/C33H20ClN3S/c34-33-36-31(35-32(37-33)26-17-18-28-27-11-4-5-12-29(27)38-30(28)20-26)23-15-13-22(14-16-23)25-10-6-9-24(19-25)21-7-2-1-3-8-21/h1-20H. The highest BCUT2D eigenvalue weighted by Gasteiger charge is 2.12. The number of benzene rings is 5. The summed E-state index contributed by atoms with van der Waals surface area (Å²) in [5, 5.41) is 2.69. The molecule has 3 nitrogen and oxygen atoms in total. The minimum absolute atomic E-state index is 0.182. The average Bonchev–Trinajstić information content (AvgIpc) is 3.35. The lowest BCUT2D eigenvalue weighted by molar-refractivity contribution is 1.07. The molecule has 0 aliphatic carbocycles. The Hall–Kier alpha value is -4.38. The van der Waals surface area contributed by atoms with E-state index in [1.54, 1.807) is 11.3 Å². The molecule has 0 saturated heterocycles. The number of hydrogen-bond acceptors (Lipinski definition) is 4. The molecule has 180 valence electrons. The maximum absolute atomic E-state index is 6.38. The third-order valence-electron chi connectivity index (χ3n) is 6.69. The van der Waals surface area contributed by atoms with Crippen LogP contribution in [0, 0.1) is 0 Å². The third-order valence-corrected chi connectivity index (χ3v) is 7.99. The van der Waals surface area contributed by atoms with Crippen molar-refractivity contribution in [3.05, 3.63) is 127 Å². The van der Waals surface area contributed by atoms with Crippen LogP contribution in [0.1, 0.15) is 0 Å². The van der Waals surface area contributed by atoms with Gasteiger partial charge in [-0.1, -0.05) is 103 Å². The van der Waals surface area contributed by atoms with Crippen molar-refractivity contribution in [3.63, 3.8) is 0 Å². The number of thiophene rings is 1. The first-order valence-corrected chi connectivity index (χ1v) is 13.5. The maximum atomic E-state index is 6.38. The van der Waals surface area contributed by atoms with Gasteiger partial charge in [0.15, 0.2) is 11.6 Å². The van der Waals surface area contributed by atoms with Crippen molar-refractivity contribution in [3.8, 4) is 45.0 Å². The van der Waals surface area contributed by atoms with E-state index in [2.05, 4.69) is 113 Å². The molecule has 2 heterocycles. The SMILES string of the molecule is Clc1nc(-c2ccc(-c3cccc(-c4ccccc4)c3)cc2)nc(-c2ccc3c(c2)sc2ccccc23)n1. The van der Waals surface area contributed by atoms with E-state index in [4.69, 9.17) is 16.6 Å². The molecule has 7 aromatic rings. The van der Waals surface area contributed by atoms with Crippen LogP contribution in [0.5, 0.6) is 0 Å². The summed E-state index contributed by atoms with van der Waals surface area (Å²) in [4.78, 5) is 13.7. The number of aromatic nitrogens is 3. The maximum Gasteiger partial charge on any atom is 0.226 e. The molecule has 2 aromatic heterocycles. The second-order valence-corrected chi connectivity index (χ2v) is 10.5. The highest BCUT2D eigenvalue weighted by atomic mass is 35.5. The zero-order valence-corrected chi connectivity index (χ0v) is 21.7. The summed E-state index contributed by atoms with van der Waals surface area (Å²) in [6.45, 7) is 0. The van der Waals surface area contributed by atoms with Crippen molar-refractivity contribution in [2.24, 2.45) is 0 Å². The van der Waals surface area contributed by atoms with Crippen molar-refractivity contribution >= 4 is 43.1 Å². The number of fused-ring (bicyclic) bond motifs is 3. The first-order chi connectivity index (χ1) is 18.7. The van der Waals surface area contributed by atoms with Crippen LogP contribution in [0.2, 0.25) is 5.28 Å². The molecule has 0 amide bonds. The van der Waals surface area contributed by atoms with Crippen molar-refractivity contribution in [2.75, 3.05) is 0 Å². The Bertz CT molecular complexity index is 1930. The molecular formula is C33H20ClN3S. The average molecular weight is 526 g/mol. The van der Waals surface area contributed by atoms with Crippen LogP contribution < -0.4 is 0 Å². The summed E-state index contributed by atoms with van der Waals surface area (Å²) in [6.07, 6.45) is 0. The molecule has 5 aromatic carbocycles.